The van der Waals surface area contributed by atoms with Gasteiger partial charge in [-0.2, -0.15) is 0 Å². The summed E-state index contributed by atoms with van der Waals surface area (Å²) in [5.74, 6) is -0.632. The molecule has 1 rings (SSSR count). The normalized spacial score (nSPS) is 13.8. The first-order chi connectivity index (χ1) is 7.39. The van der Waals surface area contributed by atoms with Gasteiger partial charge in [-0.05, 0) is 38.1 Å². The molecule has 0 saturated carbocycles. The molecule has 1 atom stereocenters. The van der Waals surface area contributed by atoms with Crippen molar-refractivity contribution in [2.24, 2.45) is 5.73 Å². The number of halogens is 2. The first-order valence-corrected chi connectivity index (χ1v) is 6.71. The van der Waals surface area contributed by atoms with Crippen LogP contribution in [0.5, 0.6) is 0 Å². The summed E-state index contributed by atoms with van der Waals surface area (Å²) < 4.78 is 36.8. The second-order valence-electron chi connectivity index (χ2n) is 3.51. The Hall–Kier alpha value is -0.650. The zero-order chi connectivity index (χ0) is 12.3. The van der Waals surface area contributed by atoms with Gasteiger partial charge in [-0.15, -0.1) is 0 Å². The third-order valence-electron chi connectivity index (χ3n) is 2.32. The Labute approximate surface area is 99.3 Å². The largest absolute Gasteiger partial charge is 0.330 e. The van der Waals surface area contributed by atoms with Crippen molar-refractivity contribution < 1.29 is 12.8 Å². The van der Waals surface area contributed by atoms with E-state index in [1.54, 1.807) is 6.92 Å². The van der Waals surface area contributed by atoms with E-state index >= 15 is 0 Å². The van der Waals surface area contributed by atoms with Gasteiger partial charge in [-0.1, -0.05) is 11.6 Å². The Kier molecular flexibility index (Phi) is 4.29. The van der Waals surface area contributed by atoms with Crippen molar-refractivity contribution in [2.75, 3.05) is 6.54 Å². The van der Waals surface area contributed by atoms with Crippen LogP contribution < -0.4 is 5.73 Å². The zero-order valence-electron chi connectivity index (χ0n) is 8.78. The average Bonchev–Trinajstić information content (AvgIpc) is 2.22. The number of hydrogen-bond donors (Lipinski definition) is 1. The summed E-state index contributed by atoms with van der Waals surface area (Å²) in [6.45, 7) is 1.86. The van der Waals surface area contributed by atoms with Crippen molar-refractivity contribution in [1.82, 2.24) is 0 Å². The van der Waals surface area contributed by atoms with E-state index < -0.39 is 20.9 Å². The van der Waals surface area contributed by atoms with Crippen LogP contribution >= 0.6 is 11.6 Å². The molecule has 0 amide bonds. The van der Waals surface area contributed by atoms with Crippen molar-refractivity contribution in [1.29, 1.82) is 0 Å². The van der Waals surface area contributed by atoms with Crippen LogP contribution in [0.3, 0.4) is 0 Å². The van der Waals surface area contributed by atoms with Gasteiger partial charge in [-0.3, -0.25) is 0 Å². The minimum atomic E-state index is -3.47. The summed E-state index contributed by atoms with van der Waals surface area (Å²) >= 11 is 5.54. The molecule has 3 nitrogen and oxygen atoms in total. The lowest BCUT2D eigenvalue weighted by Crippen LogP contribution is -2.21. The Morgan fingerprint density at radius 1 is 1.50 bits per heavy atom. The molecule has 0 aliphatic carbocycles. The molecule has 16 heavy (non-hydrogen) atoms. The molecule has 0 aliphatic rings. The average molecular weight is 266 g/mol. The molecule has 0 radical (unpaired) electrons. The van der Waals surface area contributed by atoms with Gasteiger partial charge in [0.25, 0.3) is 0 Å². The van der Waals surface area contributed by atoms with Crippen LogP contribution in [-0.2, 0) is 9.84 Å². The standard InChI is InChI=1S/C10H13ClFNO2S/c1-7(4-5-13)16(14,15)8-2-3-10(12)9(11)6-8/h2-3,6-7H,4-5,13H2,1H3. The molecule has 0 saturated heterocycles. The second-order valence-corrected chi connectivity index (χ2v) is 6.28. The Morgan fingerprint density at radius 3 is 2.62 bits per heavy atom. The molecule has 0 bridgehead atoms. The highest BCUT2D eigenvalue weighted by Gasteiger charge is 2.23. The fourth-order valence-corrected chi connectivity index (χ4v) is 2.97. The maximum absolute atomic E-state index is 12.9. The van der Waals surface area contributed by atoms with Gasteiger partial charge in [0.05, 0.1) is 15.2 Å². The SMILES string of the molecule is CC(CCN)S(=O)(=O)c1ccc(F)c(Cl)c1. The molecule has 0 aromatic heterocycles. The van der Waals surface area contributed by atoms with Crippen LogP contribution in [0.2, 0.25) is 5.02 Å². The molecule has 2 N–H and O–H groups in total. The highest BCUT2D eigenvalue weighted by Crippen LogP contribution is 2.23. The molecule has 0 fully saturated rings. The van der Waals surface area contributed by atoms with Gasteiger partial charge in [0.1, 0.15) is 5.82 Å². The summed E-state index contributed by atoms with van der Waals surface area (Å²) in [6.07, 6.45) is 0.358. The summed E-state index contributed by atoms with van der Waals surface area (Å²) in [7, 11) is -3.47. The number of benzene rings is 1. The Bertz CT molecular complexity index is 476. The molecular weight excluding hydrogens is 253 g/mol. The smallest absolute Gasteiger partial charge is 0.181 e. The van der Waals surface area contributed by atoms with Crippen molar-refractivity contribution in [3.8, 4) is 0 Å². The van der Waals surface area contributed by atoms with Crippen molar-refractivity contribution in [3.63, 3.8) is 0 Å². The minimum absolute atomic E-state index is 0.0276. The van der Waals surface area contributed by atoms with E-state index in [1.807, 2.05) is 0 Å². The minimum Gasteiger partial charge on any atom is -0.330 e. The van der Waals surface area contributed by atoms with Crippen LogP contribution in [-0.4, -0.2) is 20.2 Å². The van der Waals surface area contributed by atoms with Gasteiger partial charge < -0.3 is 5.73 Å². The van der Waals surface area contributed by atoms with Crippen LogP contribution in [0.4, 0.5) is 4.39 Å². The molecular formula is C10H13ClFNO2S. The summed E-state index contributed by atoms with van der Waals surface area (Å²) in [5, 5.41) is -0.792. The molecule has 0 heterocycles. The molecule has 0 spiro atoms. The third-order valence-corrected chi connectivity index (χ3v) is 4.82. The topological polar surface area (TPSA) is 60.2 Å². The van der Waals surface area contributed by atoms with Crippen LogP contribution in [0.15, 0.2) is 23.1 Å². The number of sulfone groups is 1. The van der Waals surface area contributed by atoms with E-state index in [0.717, 1.165) is 12.1 Å². The molecule has 1 aromatic rings. The fraction of sp³-hybridized carbons (Fsp3) is 0.400. The molecule has 1 aromatic carbocycles. The summed E-state index contributed by atoms with van der Waals surface area (Å²) in [5.41, 5.74) is 5.31. The van der Waals surface area contributed by atoms with Crippen molar-refractivity contribution in [3.05, 3.63) is 29.0 Å². The first-order valence-electron chi connectivity index (χ1n) is 4.78. The van der Waals surface area contributed by atoms with Gasteiger partial charge in [0, 0.05) is 0 Å². The van der Waals surface area contributed by atoms with Gasteiger partial charge in [0.15, 0.2) is 9.84 Å². The number of nitrogens with two attached hydrogens (primary N) is 1. The first kappa shape index (κ1) is 13.4. The highest BCUT2D eigenvalue weighted by atomic mass is 35.5. The summed E-state index contributed by atoms with van der Waals surface area (Å²) in [4.78, 5) is 0.0276. The lowest BCUT2D eigenvalue weighted by atomic mass is 10.3. The Morgan fingerprint density at radius 2 is 2.12 bits per heavy atom. The van der Waals surface area contributed by atoms with Crippen molar-refractivity contribution in [2.45, 2.75) is 23.5 Å². The van der Waals surface area contributed by atoms with E-state index in [1.165, 1.54) is 6.07 Å². The Balaban J connectivity index is 3.12. The number of rotatable bonds is 4. The second kappa shape index (κ2) is 5.12. The van der Waals surface area contributed by atoms with E-state index in [9.17, 15) is 12.8 Å². The zero-order valence-corrected chi connectivity index (χ0v) is 10.4. The number of hydrogen-bond acceptors (Lipinski definition) is 3. The molecule has 90 valence electrons. The van der Waals surface area contributed by atoms with Crippen LogP contribution in [0, 0.1) is 5.82 Å². The van der Waals surface area contributed by atoms with Gasteiger partial charge in [0.2, 0.25) is 0 Å². The maximum Gasteiger partial charge on any atom is 0.181 e. The van der Waals surface area contributed by atoms with E-state index in [4.69, 9.17) is 17.3 Å². The quantitative estimate of drug-likeness (QED) is 0.847. The fourth-order valence-electron chi connectivity index (χ4n) is 1.28. The summed E-state index contributed by atoms with van der Waals surface area (Å²) in [6, 6.07) is 3.38. The molecule has 1 unspecified atom stereocenters. The van der Waals surface area contributed by atoms with E-state index in [-0.39, 0.29) is 16.5 Å². The predicted octanol–water partition coefficient (Wildman–Crippen LogP) is 1.99. The lowest BCUT2D eigenvalue weighted by Gasteiger charge is -2.12. The molecule has 0 aliphatic heterocycles. The van der Waals surface area contributed by atoms with Gasteiger partial charge in [-0.25, -0.2) is 12.8 Å². The molecule has 6 heteroatoms. The maximum atomic E-state index is 12.9. The van der Waals surface area contributed by atoms with Crippen molar-refractivity contribution >= 4 is 21.4 Å². The monoisotopic (exact) mass is 265 g/mol. The highest BCUT2D eigenvalue weighted by molar-refractivity contribution is 7.92. The van der Waals surface area contributed by atoms with Gasteiger partial charge >= 0.3 is 0 Å². The third kappa shape index (κ3) is 2.72. The van der Waals surface area contributed by atoms with E-state index in [2.05, 4.69) is 0 Å². The lowest BCUT2D eigenvalue weighted by molar-refractivity contribution is 0.577. The van der Waals surface area contributed by atoms with E-state index in [0.29, 0.717) is 6.42 Å². The van der Waals surface area contributed by atoms with Crippen LogP contribution in [0.1, 0.15) is 13.3 Å². The predicted molar refractivity (Wildman–Crippen MR) is 61.7 cm³/mol. The van der Waals surface area contributed by atoms with Crippen LogP contribution in [0.25, 0.3) is 0 Å².